The van der Waals surface area contributed by atoms with Gasteiger partial charge in [0.2, 0.25) is 17.7 Å². The number of piperazine rings is 1. The molecule has 4 fully saturated rings. The molecule has 0 bridgehead atoms. The lowest BCUT2D eigenvalue weighted by atomic mass is 9.97. The Morgan fingerprint density at radius 1 is 0.833 bits per heavy atom. The summed E-state index contributed by atoms with van der Waals surface area (Å²) in [6, 6.07) is 30.6. The Morgan fingerprint density at radius 2 is 1.62 bits per heavy atom. The predicted octanol–water partition coefficient (Wildman–Crippen LogP) is 8.74. The van der Waals surface area contributed by atoms with Crippen molar-refractivity contribution in [3.63, 3.8) is 0 Å². The number of nitrogens with zero attached hydrogens (tertiary/aromatic N) is 6. The Bertz CT molecular complexity index is 4000. The van der Waals surface area contributed by atoms with Gasteiger partial charge in [0, 0.05) is 154 Å². The second-order valence-electron chi connectivity index (χ2n) is 23.3. The van der Waals surface area contributed by atoms with Crippen LogP contribution in [0.15, 0.2) is 126 Å². The lowest BCUT2D eigenvalue weighted by Gasteiger charge is -2.39. The van der Waals surface area contributed by atoms with Crippen LogP contribution in [0.4, 0.5) is 22.7 Å². The molecule has 0 saturated carbocycles. The highest BCUT2D eigenvalue weighted by Gasteiger charge is 2.40. The monoisotopic (exact) mass is 1260 g/mol. The van der Waals surface area contributed by atoms with Crippen molar-refractivity contribution in [1.82, 2.24) is 34.7 Å². The number of fused-ring (bicyclic) bond motifs is 2. The summed E-state index contributed by atoms with van der Waals surface area (Å²) in [5.41, 5.74) is 6.16. The van der Waals surface area contributed by atoms with Crippen LogP contribution in [0.1, 0.15) is 76.8 Å². The Hall–Kier alpha value is -9.10. The van der Waals surface area contributed by atoms with Crippen molar-refractivity contribution in [2.24, 2.45) is 11.8 Å². The first-order valence-corrected chi connectivity index (χ1v) is 32.2. The second kappa shape index (κ2) is 26.9. The fourth-order valence-electron chi connectivity index (χ4n) is 12.3. The van der Waals surface area contributed by atoms with Crippen molar-refractivity contribution in [3.8, 4) is 28.4 Å². The topological polar surface area (TPSA) is 280 Å². The Balaban J connectivity index is 0.665. The number of ether oxygens (including phenoxy) is 3. The first kappa shape index (κ1) is 61.2. The van der Waals surface area contributed by atoms with Crippen LogP contribution < -0.4 is 35.0 Å². The van der Waals surface area contributed by atoms with Gasteiger partial charge in [0.1, 0.15) is 34.6 Å². The van der Waals surface area contributed by atoms with E-state index in [1.54, 1.807) is 30.5 Å². The number of piperidine rings is 1. The number of benzene rings is 5. The van der Waals surface area contributed by atoms with Gasteiger partial charge >= 0.3 is 0 Å². The van der Waals surface area contributed by atoms with Gasteiger partial charge in [-0.3, -0.25) is 44.3 Å². The molecule has 7 heterocycles. The van der Waals surface area contributed by atoms with E-state index < -0.39 is 43.4 Å². The van der Waals surface area contributed by atoms with Gasteiger partial charge < -0.3 is 44.5 Å². The number of imide groups is 1. The summed E-state index contributed by atoms with van der Waals surface area (Å²) in [5.74, 6) is -0.407. The van der Waals surface area contributed by atoms with Crippen LogP contribution >= 0.6 is 11.6 Å². The molecule has 5 aromatic carbocycles. The minimum Gasteiger partial charge on any atom is -0.493 e. The average Bonchev–Trinajstić information content (AvgIpc) is 1.56. The molecule has 1 atom stereocenters. The number of rotatable bonds is 23. The minimum absolute atomic E-state index is 0.0660. The summed E-state index contributed by atoms with van der Waals surface area (Å²) in [4.78, 5) is 91.6. The van der Waals surface area contributed by atoms with E-state index in [0.29, 0.717) is 120 Å². The molecule has 2 aromatic heterocycles. The summed E-state index contributed by atoms with van der Waals surface area (Å²) in [7, 11) is -4.63. The number of nitro benzene ring substituents is 1. The van der Waals surface area contributed by atoms with Gasteiger partial charge in [-0.25, -0.2) is 18.1 Å². The smallest absolute Gasteiger partial charge is 0.293 e. The van der Waals surface area contributed by atoms with Gasteiger partial charge in [-0.1, -0.05) is 41.9 Å². The predicted molar refractivity (Wildman–Crippen MR) is 337 cm³/mol. The first-order valence-electron chi connectivity index (χ1n) is 30.3. The maximum atomic E-state index is 14.1. The number of halogens is 1. The fraction of sp³-hybridized carbons (Fsp3) is 0.354. The number of unbranched alkanes of at least 4 members (excludes halogenated alkanes) is 1. The number of pyridine rings is 1. The largest absolute Gasteiger partial charge is 0.493 e. The summed E-state index contributed by atoms with van der Waals surface area (Å²) in [5, 5.41) is 22.5. The number of anilines is 3. The van der Waals surface area contributed by atoms with Crippen LogP contribution in [0.3, 0.4) is 0 Å². The van der Waals surface area contributed by atoms with Gasteiger partial charge in [0.05, 0.1) is 28.2 Å². The van der Waals surface area contributed by atoms with Crippen molar-refractivity contribution in [2.75, 3.05) is 87.7 Å². The zero-order valence-corrected chi connectivity index (χ0v) is 50.9. The molecule has 7 aromatic rings. The molecule has 90 heavy (non-hydrogen) atoms. The number of nitrogens with one attached hydrogen (secondary N) is 5. The van der Waals surface area contributed by atoms with Crippen molar-refractivity contribution in [2.45, 2.75) is 69.0 Å². The summed E-state index contributed by atoms with van der Waals surface area (Å²) in [6.45, 7) is 7.16. The minimum atomic E-state index is -4.63. The highest BCUT2D eigenvalue weighted by Crippen LogP contribution is 2.38. The average molecular weight is 1260 g/mol. The van der Waals surface area contributed by atoms with E-state index in [0.717, 1.165) is 70.1 Å². The lowest BCUT2D eigenvalue weighted by Crippen LogP contribution is -2.52. The zero-order chi connectivity index (χ0) is 62.5. The second-order valence-corrected chi connectivity index (χ2v) is 25.4. The highest BCUT2D eigenvalue weighted by atomic mass is 35.5. The summed E-state index contributed by atoms with van der Waals surface area (Å²) >= 11 is 6.36. The van der Waals surface area contributed by atoms with Gasteiger partial charge in [-0.15, -0.1) is 0 Å². The molecule has 4 saturated heterocycles. The molecule has 23 nitrogen and oxygen atoms in total. The molecule has 25 heteroatoms. The molecular weight excluding hydrogens is 1190 g/mol. The molecule has 0 radical (unpaired) electrons. The normalized spacial score (nSPS) is 17.4. The molecular formula is C65H68ClN11O12S. The van der Waals surface area contributed by atoms with Crippen LogP contribution in [0, 0.1) is 22.0 Å². The Morgan fingerprint density at radius 3 is 2.41 bits per heavy atom. The first-order chi connectivity index (χ1) is 43.6. The van der Waals surface area contributed by atoms with Crippen LogP contribution in [0.5, 0.6) is 17.2 Å². The maximum absolute atomic E-state index is 14.1. The van der Waals surface area contributed by atoms with Gasteiger partial charge in [0.15, 0.2) is 0 Å². The zero-order valence-electron chi connectivity index (χ0n) is 49.3. The number of carbonyl (C=O) groups is 5. The van der Waals surface area contributed by atoms with Crippen LogP contribution in [0.25, 0.3) is 22.2 Å². The van der Waals surface area contributed by atoms with Crippen LogP contribution in [-0.4, -0.2) is 146 Å². The number of carbonyl (C=O) groups excluding carboxylic acids is 5. The van der Waals surface area contributed by atoms with E-state index in [9.17, 15) is 42.5 Å². The molecule has 12 rings (SSSR count). The summed E-state index contributed by atoms with van der Waals surface area (Å²) < 4.78 is 48.3. The van der Waals surface area contributed by atoms with E-state index in [1.165, 1.54) is 29.3 Å². The van der Waals surface area contributed by atoms with Crippen molar-refractivity contribution in [3.05, 3.63) is 159 Å². The third-order valence-electron chi connectivity index (χ3n) is 17.3. The van der Waals surface area contributed by atoms with E-state index in [4.69, 9.17) is 25.8 Å². The van der Waals surface area contributed by atoms with Crippen molar-refractivity contribution in [1.29, 1.82) is 0 Å². The number of likely N-dealkylation sites (tertiary alicyclic amines) is 1. The Labute approximate surface area is 524 Å². The third kappa shape index (κ3) is 13.9. The molecule has 5 N–H and O–H groups in total. The van der Waals surface area contributed by atoms with Gasteiger partial charge in [-0.2, -0.15) is 0 Å². The molecule has 5 aliphatic rings. The van der Waals surface area contributed by atoms with Gasteiger partial charge in [-0.05, 0) is 116 Å². The third-order valence-corrected chi connectivity index (χ3v) is 18.9. The molecule has 0 spiro atoms. The maximum Gasteiger partial charge on any atom is 0.293 e. The van der Waals surface area contributed by atoms with E-state index in [-0.39, 0.29) is 59.5 Å². The molecule has 5 aliphatic heterocycles. The number of hydrogen-bond donors (Lipinski definition) is 5. The van der Waals surface area contributed by atoms with E-state index in [2.05, 4.69) is 46.5 Å². The fourth-order valence-corrected chi connectivity index (χ4v) is 13.4. The molecule has 468 valence electrons. The highest BCUT2D eigenvalue weighted by molar-refractivity contribution is 7.90. The lowest BCUT2D eigenvalue weighted by molar-refractivity contribution is -0.384. The SMILES string of the molecule is O=C1CCC(N2Cc3c(NCCCCC(=O)N4CC(COc5cccc(-c6ccc(Cl)cc6)c5CN5CCN(c6ccc(C(=O)NS(=O)(=O)c7ccc(NCC8CCOCC8)c([N+](=O)[O-])c7)c(Oc7cnc8[nH]ccc8c7)c6)CC5)C4)cccc3C2=O)C(=O)N1. The number of aromatic nitrogens is 2. The van der Waals surface area contributed by atoms with Gasteiger partial charge in [0.25, 0.3) is 27.5 Å². The van der Waals surface area contributed by atoms with Crippen molar-refractivity contribution >= 4 is 84.9 Å². The molecule has 0 aliphatic carbocycles. The number of aromatic amines is 1. The standard InChI is InChI=1S/C65H68ClN11O12S/c66-45-12-10-43(11-13-45)49-5-4-8-58(88-40-42-36-75(37-42)61(79)9-1-2-23-67-54-7-3-6-50-52(54)39-76(65(50)82)56-18-19-60(78)71-64(56)81)53(49)38-73-25-27-74(28-26-73)46-14-16-51(59(32-46)89-47-31-44-20-24-68-62(44)70-35-47)63(80)72-90(85,86)48-15-17-55(57(33-48)77(83)84)69-34-41-21-29-87-30-22-41/h3-8,10-17,20,24,31-33,35,41-42,56,67,69H,1-2,9,18-19,21-23,25-30,34,36-40H2,(H,68,70)(H,72,80)(H,71,78,81). The Kier molecular flexibility index (Phi) is 18.3. The molecule has 5 amide bonds. The quantitative estimate of drug-likeness (QED) is 0.0173. The van der Waals surface area contributed by atoms with Crippen LogP contribution in [0.2, 0.25) is 5.02 Å². The number of hydrogen-bond acceptors (Lipinski definition) is 17. The van der Waals surface area contributed by atoms with Crippen LogP contribution in [-0.2, 0) is 42.2 Å². The van der Waals surface area contributed by atoms with E-state index in [1.807, 2.05) is 59.5 Å². The number of nitro groups is 1. The number of amides is 5. The number of sulfonamides is 1. The van der Waals surface area contributed by atoms with E-state index >= 15 is 0 Å². The van der Waals surface area contributed by atoms with Crippen molar-refractivity contribution < 1.29 is 51.5 Å². The number of H-pyrrole nitrogens is 1. The summed E-state index contributed by atoms with van der Waals surface area (Å²) in [6.07, 6.45) is 7.13. The molecule has 1 unspecified atom stereocenters.